The third-order valence-electron chi connectivity index (χ3n) is 8.75. The highest BCUT2D eigenvalue weighted by molar-refractivity contribution is 6.18. The van der Waals surface area contributed by atoms with E-state index in [2.05, 4.69) is 125 Å². The van der Waals surface area contributed by atoms with Crippen molar-refractivity contribution in [1.82, 2.24) is 4.57 Å². The van der Waals surface area contributed by atoms with Gasteiger partial charge in [0.25, 0.3) is 0 Å². The number of nitriles is 1. The van der Waals surface area contributed by atoms with Gasteiger partial charge < -0.3 is 13.9 Å². The van der Waals surface area contributed by atoms with Crippen LogP contribution in [-0.2, 0) is 0 Å². The van der Waals surface area contributed by atoms with Crippen molar-refractivity contribution in [3.63, 3.8) is 0 Å². The lowest BCUT2D eigenvalue weighted by Crippen LogP contribution is -2.31. The molecule has 0 spiro atoms. The molecule has 0 amide bonds. The Morgan fingerprint density at radius 3 is 2.29 bits per heavy atom. The zero-order valence-electron chi connectivity index (χ0n) is 22.0. The van der Waals surface area contributed by atoms with Crippen molar-refractivity contribution in [2.24, 2.45) is 0 Å². The Kier molecular flexibility index (Phi) is 4.48. The second kappa shape index (κ2) is 8.24. The Labute approximate surface area is 236 Å². The van der Waals surface area contributed by atoms with Crippen molar-refractivity contribution in [1.29, 1.82) is 5.26 Å². The predicted octanol–water partition coefficient (Wildman–Crippen LogP) is 9.08. The lowest BCUT2D eigenvalue weighted by Gasteiger charge is -2.31. The Balaban J connectivity index is 1.40. The van der Waals surface area contributed by atoms with Gasteiger partial charge in [0.1, 0.15) is 11.2 Å². The molecule has 3 heterocycles. The topological polar surface area (TPSA) is 45.1 Å². The molecule has 0 radical (unpaired) electrons. The molecule has 1 aliphatic carbocycles. The van der Waals surface area contributed by atoms with E-state index in [0.717, 1.165) is 38.5 Å². The van der Waals surface area contributed by atoms with E-state index in [1.807, 2.05) is 18.2 Å². The Bertz CT molecular complexity index is 2230. The van der Waals surface area contributed by atoms with Crippen LogP contribution in [0.2, 0.25) is 0 Å². The predicted molar refractivity (Wildman–Crippen MR) is 165 cm³/mol. The summed E-state index contributed by atoms with van der Waals surface area (Å²) < 4.78 is 9.02. The molecule has 1 aliphatic heterocycles. The summed E-state index contributed by atoms with van der Waals surface area (Å²) in [5.41, 5.74) is 10.8. The van der Waals surface area contributed by atoms with E-state index in [-0.39, 0.29) is 12.0 Å². The molecule has 2 aromatic heterocycles. The molecule has 41 heavy (non-hydrogen) atoms. The van der Waals surface area contributed by atoms with Crippen molar-refractivity contribution in [2.75, 3.05) is 4.90 Å². The molecule has 4 heteroatoms. The molecule has 192 valence electrons. The molecule has 9 rings (SSSR count). The number of para-hydroxylation sites is 3. The summed E-state index contributed by atoms with van der Waals surface area (Å²) in [6, 6.07) is 42.6. The van der Waals surface area contributed by atoms with Crippen LogP contribution in [0.15, 0.2) is 126 Å². The van der Waals surface area contributed by atoms with Gasteiger partial charge in [-0.15, -0.1) is 0 Å². The van der Waals surface area contributed by atoms with Crippen molar-refractivity contribution >= 4 is 50.3 Å². The van der Waals surface area contributed by atoms with Crippen LogP contribution in [0.5, 0.6) is 0 Å². The number of aromatic nitrogens is 1. The number of hydrogen-bond donors (Lipinski definition) is 0. The van der Waals surface area contributed by atoms with Gasteiger partial charge in [-0.2, -0.15) is 5.26 Å². The molecule has 5 aromatic carbocycles. The lowest BCUT2D eigenvalue weighted by atomic mass is 9.84. The monoisotopic (exact) mass is 525 g/mol. The molecule has 4 nitrogen and oxygen atoms in total. The van der Waals surface area contributed by atoms with Gasteiger partial charge in [-0.05, 0) is 66.2 Å². The van der Waals surface area contributed by atoms with E-state index >= 15 is 0 Å². The standard InChI is InChI=1S/C37H23N3O/c38-22-23-15-20-33-29(21-23)26-16-18-32-35(37(26)41-33)28-17-19-31-34(36(28)40(32)25-11-5-2-6-12-25)27-13-7-8-14-30(27)39(31)24-9-3-1-4-10-24/h1-21,31,34H. The van der Waals surface area contributed by atoms with Crippen molar-refractivity contribution in [3.05, 3.63) is 144 Å². The number of nitrogens with zero attached hydrogens (tertiary/aromatic N) is 3. The minimum Gasteiger partial charge on any atom is -0.455 e. The van der Waals surface area contributed by atoms with Crippen LogP contribution in [0, 0.1) is 11.3 Å². The van der Waals surface area contributed by atoms with Crippen LogP contribution in [0.25, 0.3) is 44.6 Å². The molecule has 2 atom stereocenters. The van der Waals surface area contributed by atoms with Gasteiger partial charge in [0.15, 0.2) is 0 Å². The fraction of sp³-hybridized carbons (Fsp3) is 0.0541. The van der Waals surface area contributed by atoms with Crippen LogP contribution in [0.3, 0.4) is 0 Å². The third-order valence-corrected chi connectivity index (χ3v) is 8.75. The number of fused-ring (bicyclic) bond motifs is 11. The Morgan fingerprint density at radius 2 is 1.49 bits per heavy atom. The molecule has 0 N–H and O–H groups in total. The Morgan fingerprint density at radius 1 is 0.732 bits per heavy atom. The molecule has 0 saturated carbocycles. The minimum absolute atomic E-state index is 0.128. The fourth-order valence-corrected chi connectivity index (χ4v) is 7.12. The summed E-state index contributed by atoms with van der Waals surface area (Å²) in [5.74, 6) is 0.128. The van der Waals surface area contributed by atoms with E-state index in [1.54, 1.807) is 0 Å². The maximum atomic E-state index is 9.54. The molecule has 2 unspecified atom stereocenters. The second-order valence-electron chi connectivity index (χ2n) is 10.8. The summed E-state index contributed by atoms with van der Waals surface area (Å²) in [7, 11) is 0. The largest absolute Gasteiger partial charge is 0.455 e. The first-order valence-corrected chi connectivity index (χ1v) is 13.9. The second-order valence-corrected chi connectivity index (χ2v) is 10.8. The molecule has 0 bridgehead atoms. The van der Waals surface area contributed by atoms with Gasteiger partial charge in [0.05, 0.1) is 34.5 Å². The molecule has 2 aliphatic rings. The van der Waals surface area contributed by atoms with Crippen molar-refractivity contribution in [3.8, 4) is 11.8 Å². The van der Waals surface area contributed by atoms with E-state index in [4.69, 9.17) is 4.42 Å². The zero-order valence-corrected chi connectivity index (χ0v) is 22.0. The number of rotatable bonds is 2. The normalized spacial score (nSPS) is 17.1. The maximum Gasteiger partial charge on any atom is 0.145 e. The summed E-state index contributed by atoms with van der Waals surface area (Å²) in [6.45, 7) is 0. The fourth-order valence-electron chi connectivity index (χ4n) is 7.12. The van der Waals surface area contributed by atoms with Gasteiger partial charge in [-0.1, -0.05) is 66.7 Å². The van der Waals surface area contributed by atoms with Gasteiger partial charge in [0, 0.05) is 39.1 Å². The number of anilines is 2. The zero-order chi connectivity index (χ0) is 27.1. The van der Waals surface area contributed by atoms with Crippen LogP contribution in [0.4, 0.5) is 11.4 Å². The number of hydrogen-bond acceptors (Lipinski definition) is 3. The minimum atomic E-state index is 0.128. The Hall–Kier alpha value is -5.53. The highest BCUT2D eigenvalue weighted by Crippen LogP contribution is 2.54. The molecule has 7 aromatic rings. The summed E-state index contributed by atoms with van der Waals surface area (Å²) in [4.78, 5) is 2.48. The smallest absolute Gasteiger partial charge is 0.145 e. The molecule has 0 saturated heterocycles. The number of furan rings is 1. The van der Waals surface area contributed by atoms with Crippen LogP contribution < -0.4 is 4.90 Å². The van der Waals surface area contributed by atoms with E-state index in [0.29, 0.717) is 5.56 Å². The highest BCUT2D eigenvalue weighted by atomic mass is 16.3. The average molecular weight is 526 g/mol. The summed E-state index contributed by atoms with van der Waals surface area (Å²) in [5, 5.41) is 12.7. The summed E-state index contributed by atoms with van der Waals surface area (Å²) >= 11 is 0. The highest BCUT2D eigenvalue weighted by Gasteiger charge is 2.44. The quantitative estimate of drug-likeness (QED) is 0.226. The first-order chi connectivity index (χ1) is 20.3. The molecular weight excluding hydrogens is 502 g/mol. The third kappa shape index (κ3) is 2.98. The first-order valence-electron chi connectivity index (χ1n) is 13.9. The van der Waals surface area contributed by atoms with E-state index in [1.165, 1.54) is 28.2 Å². The average Bonchev–Trinajstić information content (AvgIpc) is 3.68. The summed E-state index contributed by atoms with van der Waals surface area (Å²) in [6.07, 6.45) is 4.66. The first kappa shape index (κ1) is 22.3. The van der Waals surface area contributed by atoms with Crippen LogP contribution in [-0.4, -0.2) is 10.6 Å². The van der Waals surface area contributed by atoms with Crippen LogP contribution in [0.1, 0.15) is 28.3 Å². The van der Waals surface area contributed by atoms with Crippen molar-refractivity contribution < 1.29 is 4.42 Å². The van der Waals surface area contributed by atoms with Gasteiger partial charge >= 0.3 is 0 Å². The molecule has 0 fully saturated rings. The molecular formula is C37H23N3O. The van der Waals surface area contributed by atoms with E-state index < -0.39 is 0 Å². The van der Waals surface area contributed by atoms with Crippen molar-refractivity contribution in [2.45, 2.75) is 12.0 Å². The maximum absolute atomic E-state index is 9.54. The number of benzene rings is 5. The van der Waals surface area contributed by atoms with Gasteiger partial charge in [-0.25, -0.2) is 0 Å². The van der Waals surface area contributed by atoms with Crippen LogP contribution >= 0.6 is 0 Å². The van der Waals surface area contributed by atoms with Gasteiger partial charge in [-0.3, -0.25) is 0 Å². The van der Waals surface area contributed by atoms with Gasteiger partial charge in [0.2, 0.25) is 0 Å². The van der Waals surface area contributed by atoms with E-state index in [9.17, 15) is 5.26 Å². The SMILES string of the molecule is N#Cc1ccc2oc3c(ccc4c3c3c(n4-c4ccccc4)C4c5ccccc5N(c5ccccc5)C4C=C3)c2c1. The lowest BCUT2D eigenvalue weighted by molar-refractivity contribution is 0.672.